The first-order valence-corrected chi connectivity index (χ1v) is 11.1. The number of sulfonamides is 1. The molecule has 1 aromatic heterocycles. The predicted octanol–water partition coefficient (Wildman–Crippen LogP) is 4.84. The number of carbonyl (C=O) groups excluding carboxylic acids is 1. The Morgan fingerprint density at radius 1 is 0.935 bits per heavy atom. The molecule has 0 aliphatic heterocycles. The van der Waals surface area contributed by atoms with Crippen molar-refractivity contribution >= 4 is 26.9 Å². The van der Waals surface area contributed by atoms with Gasteiger partial charge in [-0.3, -0.25) is 4.79 Å². The van der Waals surface area contributed by atoms with Gasteiger partial charge in [0, 0.05) is 11.6 Å². The van der Waals surface area contributed by atoms with Crippen LogP contribution < -0.4 is 9.46 Å². The van der Waals surface area contributed by atoms with Crippen molar-refractivity contribution in [1.29, 1.82) is 0 Å². The van der Waals surface area contributed by atoms with Crippen molar-refractivity contribution in [2.75, 3.05) is 7.11 Å². The van der Waals surface area contributed by atoms with E-state index in [2.05, 4.69) is 4.72 Å². The maximum Gasteiger partial charge on any atom is 0.300 e. The third-order valence-electron chi connectivity index (χ3n) is 4.93. The lowest BCUT2D eigenvalue weighted by molar-refractivity contribution is 0.0956. The molecular weight excluding hydrogens is 414 g/mol. The van der Waals surface area contributed by atoms with Crippen LogP contribution in [0.3, 0.4) is 0 Å². The van der Waals surface area contributed by atoms with Gasteiger partial charge in [0.2, 0.25) is 0 Å². The van der Waals surface area contributed by atoms with E-state index in [4.69, 9.17) is 9.15 Å². The smallest absolute Gasteiger partial charge is 0.300 e. The standard InChI is InChI=1S/C24H21NO5S/c1-15-9-10-18(17-7-5-4-6-8-17)23(13-15)31(27,28)25-24(26)22-14-19-20(29-3)11-16(2)12-21(19)30-22/h4-14H,1-3H3,(H,25,26). The summed E-state index contributed by atoms with van der Waals surface area (Å²) in [6.45, 7) is 3.67. The number of amides is 1. The van der Waals surface area contributed by atoms with Crippen LogP contribution in [-0.4, -0.2) is 21.4 Å². The lowest BCUT2D eigenvalue weighted by Crippen LogP contribution is -2.30. The summed E-state index contributed by atoms with van der Waals surface area (Å²) in [5, 5.41) is 0.594. The number of furan rings is 1. The molecule has 1 N–H and O–H groups in total. The van der Waals surface area contributed by atoms with Crippen LogP contribution in [0.1, 0.15) is 21.7 Å². The van der Waals surface area contributed by atoms with Gasteiger partial charge in [0.1, 0.15) is 11.3 Å². The zero-order chi connectivity index (χ0) is 22.2. The molecule has 0 bridgehead atoms. The van der Waals surface area contributed by atoms with Gasteiger partial charge in [0.15, 0.2) is 5.76 Å². The molecule has 0 saturated carbocycles. The lowest BCUT2D eigenvalue weighted by atomic mass is 10.0. The molecule has 0 fully saturated rings. The number of nitrogens with one attached hydrogen (secondary N) is 1. The average Bonchev–Trinajstić information content (AvgIpc) is 3.17. The van der Waals surface area contributed by atoms with Crippen LogP contribution in [0.5, 0.6) is 5.75 Å². The number of hydrogen-bond acceptors (Lipinski definition) is 5. The molecule has 0 unspecified atom stereocenters. The van der Waals surface area contributed by atoms with E-state index >= 15 is 0 Å². The van der Waals surface area contributed by atoms with Crippen LogP contribution >= 0.6 is 0 Å². The highest BCUT2D eigenvalue weighted by atomic mass is 32.2. The minimum atomic E-state index is -4.16. The highest BCUT2D eigenvalue weighted by Gasteiger charge is 2.25. The minimum Gasteiger partial charge on any atom is -0.496 e. The molecule has 6 nitrogen and oxygen atoms in total. The molecule has 31 heavy (non-hydrogen) atoms. The Morgan fingerprint density at radius 2 is 1.68 bits per heavy atom. The van der Waals surface area contributed by atoms with Crippen LogP contribution in [0.2, 0.25) is 0 Å². The molecule has 4 rings (SSSR count). The van der Waals surface area contributed by atoms with Crippen LogP contribution in [0, 0.1) is 13.8 Å². The Labute approximate surface area is 180 Å². The molecule has 0 atom stereocenters. The SMILES string of the molecule is COc1cc(C)cc2oc(C(=O)NS(=O)(=O)c3cc(C)ccc3-c3ccccc3)cc12. The van der Waals surface area contributed by atoms with Crippen molar-refractivity contribution in [1.82, 2.24) is 4.72 Å². The summed E-state index contributed by atoms with van der Waals surface area (Å²) in [5.74, 6) is -0.418. The summed E-state index contributed by atoms with van der Waals surface area (Å²) in [6, 6.07) is 19.3. The Bertz CT molecular complexity index is 1390. The van der Waals surface area contributed by atoms with Crippen molar-refractivity contribution in [2.45, 2.75) is 18.7 Å². The molecule has 0 spiro atoms. The molecule has 1 amide bonds. The van der Waals surface area contributed by atoms with Gasteiger partial charge in [-0.15, -0.1) is 0 Å². The number of hydrogen-bond donors (Lipinski definition) is 1. The predicted molar refractivity (Wildman–Crippen MR) is 119 cm³/mol. The van der Waals surface area contributed by atoms with Gasteiger partial charge in [0.05, 0.1) is 17.4 Å². The first-order chi connectivity index (χ1) is 14.8. The highest BCUT2D eigenvalue weighted by molar-refractivity contribution is 7.90. The van der Waals surface area contributed by atoms with Crippen molar-refractivity contribution in [2.24, 2.45) is 0 Å². The number of rotatable bonds is 5. The van der Waals surface area contributed by atoms with Gasteiger partial charge in [-0.25, -0.2) is 13.1 Å². The van der Waals surface area contributed by atoms with Gasteiger partial charge in [0.25, 0.3) is 10.0 Å². The fourth-order valence-electron chi connectivity index (χ4n) is 3.45. The molecule has 0 radical (unpaired) electrons. The fraction of sp³-hybridized carbons (Fsp3) is 0.125. The summed E-state index contributed by atoms with van der Waals surface area (Å²) < 4.78 is 39.4. The summed E-state index contributed by atoms with van der Waals surface area (Å²) >= 11 is 0. The fourth-order valence-corrected chi connectivity index (χ4v) is 4.73. The van der Waals surface area contributed by atoms with E-state index in [1.54, 1.807) is 25.1 Å². The molecule has 4 aromatic rings. The third kappa shape index (κ3) is 4.04. The van der Waals surface area contributed by atoms with Crippen LogP contribution in [-0.2, 0) is 10.0 Å². The Balaban J connectivity index is 1.73. The molecule has 7 heteroatoms. The van der Waals surface area contributed by atoms with Crippen LogP contribution in [0.25, 0.3) is 22.1 Å². The van der Waals surface area contributed by atoms with Gasteiger partial charge in [-0.1, -0.05) is 42.5 Å². The normalized spacial score (nSPS) is 11.5. The highest BCUT2D eigenvalue weighted by Crippen LogP contribution is 2.31. The van der Waals surface area contributed by atoms with E-state index in [1.807, 2.05) is 49.4 Å². The van der Waals surface area contributed by atoms with E-state index in [0.717, 1.165) is 16.7 Å². The number of aryl methyl sites for hydroxylation is 2. The van der Waals surface area contributed by atoms with E-state index in [-0.39, 0.29) is 10.7 Å². The second kappa shape index (κ2) is 7.92. The first kappa shape index (κ1) is 20.7. The minimum absolute atomic E-state index is 0.0246. The second-order valence-electron chi connectivity index (χ2n) is 7.29. The summed E-state index contributed by atoms with van der Waals surface area (Å²) in [6.07, 6.45) is 0. The maximum atomic E-state index is 13.2. The van der Waals surface area contributed by atoms with Crippen molar-refractivity contribution in [3.05, 3.63) is 83.6 Å². The molecule has 0 aliphatic carbocycles. The van der Waals surface area contributed by atoms with E-state index in [0.29, 0.717) is 22.3 Å². The Kier molecular flexibility index (Phi) is 5.29. The summed E-state index contributed by atoms with van der Waals surface area (Å²) in [7, 11) is -2.64. The molecular formula is C24H21NO5S. The Hall–Kier alpha value is -3.58. The van der Waals surface area contributed by atoms with Crippen LogP contribution in [0.15, 0.2) is 76.0 Å². The van der Waals surface area contributed by atoms with Gasteiger partial charge < -0.3 is 9.15 Å². The molecule has 0 aliphatic rings. The van der Waals surface area contributed by atoms with Gasteiger partial charge in [-0.05, 0) is 48.7 Å². The molecule has 0 saturated heterocycles. The van der Waals surface area contributed by atoms with Crippen LogP contribution in [0.4, 0.5) is 0 Å². The number of benzene rings is 3. The molecule has 158 valence electrons. The molecule has 1 heterocycles. The zero-order valence-corrected chi connectivity index (χ0v) is 18.1. The van der Waals surface area contributed by atoms with Crippen molar-refractivity contribution < 1.29 is 22.4 Å². The quantitative estimate of drug-likeness (QED) is 0.485. The van der Waals surface area contributed by atoms with E-state index < -0.39 is 15.9 Å². The van der Waals surface area contributed by atoms with Gasteiger partial charge >= 0.3 is 5.91 Å². The largest absolute Gasteiger partial charge is 0.496 e. The van der Waals surface area contributed by atoms with E-state index in [9.17, 15) is 13.2 Å². The second-order valence-corrected chi connectivity index (χ2v) is 8.94. The number of ether oxygens (including phenoxy) is 1. The third-order valence-corrected chi connectivity index (χ3v) is 6.30. The van der Waals surface area contributed by atoms with Gasteiger partial charge in [-0.2, -0.15) is 0 Å². The first-order valence-electron chi connectivity index (χ1n) is 9.60. The molecule has 3 aromatic carbocycles. The summed E-state index contributed by atoms with van der Waals surface area (Å²) in [5.41, 5.74) is 3.34. The number of carbonyl (C=O) groups is 1. The topological polar surface area (TPSA) is 85.6 Å². The van der Waals surface area contributed by atoms with Crippen molar-refractivity contribution in [3.63, 3.8) is 0 Å². The number of methoxy groups -OCH3 is 1. The Morgan fingerprint density at radius 3 is 2.39 bits per heavy atom. The lowest BCUT2D eigenvalue weighted by Gasteiger charge is -2.12. The average molecular weight is 436 g/mol. The summed E-state index contributed by atoms with van der Waals surface area (Å²) in [4.78, 5) is 12.8. The van der Waals surface area contributed by atoms with E-state index in [1.165, 1.54) is 13.2 Å². The number of fused-ring (bicyclic) bond motifs is 1. The van der Waals surface area contributed by atoms with Crippen molar-refractivity contribution in [3.8, 4) is 16.9 Å². The maximum absolute atomic E-state index is 13.2. The zero-order valence-electron chi connectivity index (χ0n) is 17.3. The monoisotopic (exact) mass is 435 g/mol.